The average molecular weight is 315 g/mol. The number of hydrogen-bond acceptors (Lipinski definition) is 5. The lowest BCUT2D eigenvalue weighted by molar-refractivity contribution is 0.475. The number of phenols is 1. The molecule has 0 amide bonds. The Kier molecular flexibility index (Phi) is 5.06. The molecule has 0 atom stereocenters. The smallest absolute Gasteiger partial charge is 0.272 e. The number of nitrogens with two attached hydrogens (primary N) is 1. The van der Waals surface area contributed by atoms with Crippen LogP contribution < -0.4 is 11.3 Å². The van der Waals surface area contributed by atoms with Gasteiger partial charge in [0, 0.05) is 0 Å². The Hall–Kier alpha value is -2.47. The third-order valence-electron chi connectivity index (χ3n) is 3.09. The van der Waals surface area contributed by atoms with Gasteiger partial charge in [-0.15, -0.1) is 11.8 Å². The van der Waals surface area contributed by atoms with Crippen molar-refractivity contribution >= 4 is 17.3 Å². The van der Waals surface area contributed by atoms with Gasteiger partial charge in [-0.25, -0.2) is 4.98 Å². The Morgan fingerprint density at radius 3 is 2.64 bits per heavy atom. The predicted octanol–water partition coefficient (Wildman–Crippen LogP) is 2.54. The van der Waals surface area contributed by atoms with E-state index in [0.29, 0.717) is 16.3 Å². The molecule has 0 aliphatic carbocycles. The second kappa shape index (κ2) is 7.00. The number of allylic oxidation sites excluding steroid dienone is 3. The first-order valence-corrected chi connectivity index (χ1v) is 7.81. The molecule has 0 spiro atoms. The lowest BCUT2D eigenvalue weighted by atomic mass is 10.2. The molecule has 1 aromatic heterocycles. The fourth-order valence-corrected chi connectivity index (χ4v) is 2.66. The van der Waals surface area contributed by atoms with E-state index in [1.165, 1.54) is 41.0 Å². The maximum atomic E-state index is 12.7. The number of hydrogen-bond donors (Lipinski definition) is 2. The first-order valence-electron chi connectivity index (χ1n) is 6.59. The van der Waals surface area contributed by atoms with E-state index in [9.17, 15) is 9.90 Å². The zero-order valence-electron chi connectivity index (χ0n) is 12.4. The summed E-state index contributed by atoms with van der Waals surface area (Å²) in [4.78, 5) is 17.6. The molecule has 2 aromatic rings. The normalized spacial score (nSPS) is 12.0. The van der Waals surface area contributed by atoms with Gasteiger partial charge in [0.15, 0.2) is 0 Å². The molecule has 0 saturated carbocycles. The molecule has 0 aliphatic rings. The Morgan fingerprint density at radius 1 is 1.36 bits per heavy atom. The molecule has 114 valence electrons. The van der Waals surface area contributed by atoms with Crippen LogP contribution in [0.15, 0.2) is 58.6 Å². The summed E-state index contributed by atoms with van der Waals surface area (Å²) in [6.07, 6.45) is 8.28. The van der Waals surface area contributed by atoms with E-state index in [2.05, 4.69) is 4.98 Å². The fraction of sp³-hybridized carbons (Fsp3) is 0.125. The summed E-state index contributed by atoms with van der Waals surface area (Å²) >= 11 is 1.35. The van der Waals surface area contributed by atoms with Gasteiger partial charge in [0.1, 0.15) is 12.1 Å². The van der Waals surface area contributed by atoms with Crippen molar-refractivity contribution in [3.05, 3.63) is 65.0 Å². The van der Waals surface area contributed by atoms with Crippen molar-refractivity contribution in [2.45, 2.75) is 11.8 Å². The molecule has 6 heteroatoms. The standard InChI is InChI=1S/C16H17N3O2S/c1-11(4-3-9-17)14-15(22-2)16(21)19(10-18-14)12-5-7-13(20)8-6-12/h3-10,20H,17H2,1-2H3/b9-3-,11-4+. The van der Waals surface area contributed by atoms with Gasteiger partial charge in [0.25, 0.3) is 5.56 Å². The van der Waals surface area contributed by atoms with Crippen molar-refractivity contribution < 1.29 is 5.11 Å². The number of nitrogens with zero attached hydrogens (tertiary/aromatic N) is 2. The number of thioether (sulfide) groups is 1. The van der Waals surface area contributed by atoms with E-state index in [4.69, 9.17) is 5.73 Å². The fourth-order valence-electron chi connectivity index (χ4n) is 1.98. The van der Waals surface area contributed by atoms with Crippen molar-refractivity contribution in [3.8, 4) is 11.4 Å². The molecule has 0 aliphatic heterocycles. The van der Waals surface area contributed by atoms with Gasteiger partial charge in [-0.1, -0.05) is 6.08 Å². The van der Waals surface area contributed by atoms with Crippen molar-refractivity contribution in [2.24, 2.45) is 5.73 Å². The second-order valence-electron chi connectivity index (χ2n) is 4.55. The Balaban J connectivity index is 2.58. The van der Waals surface area contributed by atoms with E-state index in [-0.39, 0.29) is 11.3 Å². The van der Waals surface area contributed by atoms with E-state index in [1.807, 2.05) is 19.3 Å². The van der Waals surface area contributed by atoms with Gasteiger partial charge in [0.2, 0.25) is 0 Å². The summed E-state index contributed by atoms with van der Waals surface area (Å²) in [5.41, 5.74) is 7.34. The monoisotopic (exact) mass is 315 g/mol. The highest BCUT2D eigenvalue weighted by atomic mass is 32.2. The highest BCUT2D eigenvalue weighted by Crippen LogP contribution is 2.22. The summed E-state index contributed by atoms with van der Waals surface area (Å²) in [7, 11) is 0. The van der Waals surface area contributed by atoms with Gasteiger partial charge in [-0.2, -0.15) is 0 Å². The van der Waals surface area contributed by atoms with E-state index in [1.54, 1.807) is 18.2 Å². The quantitative estimate of drug-likeness (QED) is 0.669. The third kappa shape index (κ3) is 3.23. The molecule has 5 nitrogen and oxygen atoms in total. The Labute approximate surface area is 132 Å². The van der Waals surface area contributed by atoms with Gasteiger partial charge < -0.3 is 10.8 Å². The topological polar surface area (TPSA) is 81.1 Å². The first kappa shape index (κ1) is 15.9. The van der Waals surface area contributed by atoms with Crippen LogP contribution >= 0.6 is 11.8 Å². The zero-order chi connectivity index (χ0) is 16.1. The molecule has 1 aromatic carbocycles. The predicted molar refractivity (Wildman–Crippen MR) is 90.3 cm³/mol. The van der Waals surface area contributed by atoms with E-state index >= 15 is 0 Å². The van der Waals surface area contributed by atoms with Gasteiger partial charge >= 0.3 is 0 Å². The minimum atomic E-state index is -0.146. The van der Waals surface area contributed by atoms with Crippen LogP contribution in [-0.4, -0.2) is 20.9 Å². The highest BCUT2D eigenvalue weighted by Gasteiger charge is 2.13. The minimum absolute atomic E-state index is 0.146. The molecule has 2 rings (SSSR count). The summed E-state index contributed by atoms with van der Waals surface area (Å²) in [5.74, 6) is 0.152. The number of phenolic OH excluding ortho intramolecular Hbond substituents is 1. The van der Waals surface area contributed by atoms with Crippen molar-refractivity contribution in [1.82, 2.24) is 9.55 Å². The van der Waals surface area contributed by atoms with Crippen LogP contribution in [0.1, 0.15) is 12.6 Å². The molecule has 0 unspecified atom stereocenters. The molecular formula is C16H17N3O2S. The molecular weight excluding hydrogens is 298 g/mol. The number of rotatable bonds is 4. The van der Waals surface area contributed by atoms with Crippen LogP contribution in [-0.2, 0) is 0 Å². The maximum absolute atomic E-state index is 12.7. The van der Waals surface area contributed by atoms with Crippen LogP contribution in [0.2, 0.25) is 0 Å². The molecule has 22 heavy (non-hydrogen) atoms. The van der Waals surface area contributed by atoms with Crippen LogP contribution in [0, 0.1) is 0 Å². The summed E-state index contributed by atoms with van der Waals surface area (Å²) in [6.45, 7) is 1.88. The number of aromatic nitrogens is 2. The molecule has 1 heterocycles. The largest absolute Gasteiger partial charge is 0.508 e. The number of benzene rings is 1. The number of aromatic hydroxyl groups is 1. The SMILES string of the molecule is CSc1c(/C(C)=C/C=C\N)ncn(-c2ccc(O)cc2)c1=O. The van der Waals surface area contributed by atoms with Crippen LogP contribution in [0.25, 0.3) is 11.3 Å². The Bertz CT molecular complexity index is 777. The van der Waals surface area contributed by atoms with Gasteiger partial charge in [0.05, 0.1) is 16.3 Å². The van der Waals surface area contributed by atoms with Crippen molar-refractivity contribution in [1.29, 1.82) is 0 Å². The molecule has 0 bridgehead atoms. The summed E-state index contributed by atoms with van der Waals surface area (Å²) in [5, 5.41) is 9.34. The zero-order valence-corrected chi connectivity index (χ0v) is 13.2. The minimum Gasteiger partial charge on any atom is -0.508 e. The van der Waals surface area contributed by atoms with E-state index in [0.717, 1.165) is 5.57 Å². The Morgan fingerprint density at radius 2 is 2.05 bits per heavy atom. The van der Waals surface area contributed by atoms with Crippen LogP contribution in [0.4, 0.5) is 0 Å². The van der Waals surface area contributed by atoms with Gasteiger partial charge in [-0.3, -0.25) is 9.36 Å². The first-order chi connectivity index (χ1) is 10.6. The highest BCUT2D eigenvalue weighted by molar-refractivity contribution is 7.98. The molecule has 3 N–H and O–H groups in total. The maximum Gasteiger partial charge on any atom is 0.272 e. The molecule has 0 radical (unpaired) electrons. The molecule has 0 fully saturated rings. The molecule has 0 saturated heterocycles. The second-order valence-corrected chi connectivity index (χ2v) is 5.37. The van der Waals surface area contributed by atoms with Crippen molar-refractivity contribution in [2.75, 3.05) is 6.26 Å². The third-order valence-corrected chi connectivity index (χ3v) is 3.87. The van der Waals surface area contributed by atoms with Crippen LogP contribution in [0.5, 0.6) is 5.75 Å². The van der Waals surface area contributed by atoms with Crippen molar-refractivity contribution in [3.63, 3.8) is 0 Å². The average Bonchev–Trinajstić information content (AvgIpc) is 2.53. The van der Waals surface area contributed by atoms with Crippen LogP contribution in [0.3, 0.4) is 0 Å². The summed E-state index contributed by atoms with van der Waals surface area (Å²) in [6, 6.07) is 6.40. The lowest BCUT2D eigenvalue weighted by Crippen LogP contribution is -2.22. The lowest BCUT2D eigenvalue weighted by Gasteiger charge is -2.11. The van der Waals surface area contributed by atoms with Gasteiger partial charge in [-0.05, 0) is 55.3 Å². The summed E-state index contributed by atoms with van der Waals surface area (Å²) < 4.78 is 1.46. The van der Waals surface area contributed by atoms with E-state index < -0.39 is 0 Å².